The molecule has 1 aliphatic heterocycles. The Bertz CT molecular complexity index is 1050. The number of nitrogens with one attached hydrogen (secondary N) is 1. The molecule has 2 aromatic heterocycles. The number of thiocarbonyl (C=S) groups is 1. The van der Waals surface area contributed by atoms with Gasteiger partial charge in [0.05, 0.1) is 17.3 Å². The molecule has 1 aromatic carbocycles. The average Bonchev–Trinajstić information content (AvgIpc) is 3.37. The van der Waals surface area contributed by atoms with Crippen LogP contribution in [0.15, 0.2) is 65.2 Å². The molecule has 3 heterocycles. The first kappa shape index (κ1) is 20.1. The van der Waals surface area contributed by atoms with Crippen molar-refractivity contribution in [1.29, 1.82) is 0 Å². The quantitative estimate of drug-likeness (QED) is 0.530. The first-order valence-corrected chi connectivity index (χ1v) is 10.4. The van der Waals surface area contributed by atoms with Crippen LogP contribution in [0.1, 0.15) is 53.7 Å². The van der Waals surface area contributed by atoms with Crippen LogP contribution in [0, 0.1) is 0 Å². The largest absolute Gasteiger partial charge is 0.478 e. The molecule has 1 fully saturated rings. The van der Waals surface area contributed by atoms with Crippen LogP contribution in [-0.2, 0) is 0 Å². The van der Waals surface area contributed by atoms with E-state index in [1.807, 2.05) is 30.3 Å². The van der Waals surface area contributed by atoms with Gasteiger partial charge in [0.15, 0.2) is 5.11 Å². The molecule has 2 N–H and O–H groups in total. The topological polar surface area (TPSA) is 78.6 Å². The molecule has 154 valence electrons. The van der Waals surface area contributed by atoms with E-state index in [4.69, 9.17) is 16.6 Å². The molecule has 0 amide bonds. The fourth-order valence-electron chi connectivity index (χ4n) is 3.82. The molecule has 1 aliphatic rings. The molecule has 6 nitrogen and oxygen atoms in total. The van der Waals surface area contributed by atoms with Gasteiger partial charge in [0.1, 0.15) is 17.6 Å². The van der Waals surface area contributed by atoms with E-state index in [1.165, 1.54) is 0 Å². The lowest BCUT2D eigenvalue weighted by Gasteiger charge is -2.25. The van der Waals surface area contributed by atoms with Crippen molar-refractivity contribution in [3.05, 3.63) is 77.8 Å². The standard InChI is InChI=1S/C23H23N3O3S/c1-2-3-14-26-21(20(25-23(26)30)17-10-6-7-13-24-17)19-12-11-18(29-19)15-8-4-5-9-16(15)22(27)28/h4-13,20-21H,2-3,14H2,1H3,(H,25,30)(H,27,28)/t20-,21-/m1/s1. The predicted octanol–water partition coefficient (Wildman–Crippen LogP) is 4.81. The van der Waals surface area contributed by atoms with Crippen LogP contribution in [-0.4, -0.2) is 32.6 Å². The fraction of sp³-hybridized carbons (Fsp3) is 0.261. The summed E-state index contributed by atoms with van der Waals surface area (Å²) in [5.74, 6) is 0.267. The fourth-order valence-corrected chi connectivity index (χ4v) is 4.16. The summed E-state index contributed by atoms with van der Waals surface area (Å²) in [6, 6.07) is 16.1. The highest BCUT2D eigenvalue weighted by Gasteiger charge is 2.41. The second kappa shape index (κ2) is 8.67. The SMILES string of the molecule is CCCCN1C(=S)N[C@H](c2ccccn2)[C@H]1c1ccc(-c2ccccc2C(=O)O)o1. The van der Waals surface area contributed by atoms with Crippen LogP contribution in [0.2, 0.25) is 0 Å². The maximum Gasteiger partial charge on any atom is 0.336 e. The van der Waals surface area contributed by atoms with Gasteiger partial charge >= 0.3 is 5.97 Å². The van der Waals surface area contributed by atoms with Crippen LogP contribution in [0.25, 0.3) is 11.3 Å². The van der Waals surface area contributed by atoms with E-state index in [-0.39, 0.29) is 17.6 Å². The van der Waals surface area contributed by atoms with Crippen molar-refractivity contribution < 1.29 is 14.3 Å². The highest BCUT2D eigenvalue weighted by Crippen LogP contribution is 2.40. The summed E-state index contributed by atoms with van der Waals surface area (Å²) in [6.07, 6.45) is 3.82. The zero-order chi connectivity index (χ0) is 21.1. The summed E-state index contributed by atoms with van der Waals surface area (Å²) < 4.78 is 6.22. The lowest BCUT2D eigenvalue weighted by atomic mass is 10.0. The third-order valence-corrected chi connectivity index (χ3v) is 5.64. The third kappa shape index (κ3) is 3.80. The van der Waals surface area contributed by atoms with E-state index in [1.54, 1.807) is 30.5 Å². The molecule has 1 saturated heterocycles. The van der Waals surface area contributed by atoms with Crippen molar-refractivity contribution in [3.8, 4) is 11.3 Å². The lowest BCUT2D eigenvalue weighted by molar-refractivity contribution is 0.0697. The van der Waals surface area contributed by atoms with E-state index >= 15 is 0 Å². The van der Waals surface area contributed by atoms with Gasteiger partial charge in [-0.15, -0.1) is 0 Å². The van der Waals surface area contributed by atoms with Crippen molar-refractivity contribution in [1.82, 2.24) is 15.2 Å². The number of hydrogen-bond donors (Lipinski definition) is 2. The molecule has 0 unspecified atom stereocenters. The highest BCUT2D eigenvalue weighted by molar-refractivity contribution is 7.80. The Hall–Kier alpha value is -3.19. The Morgan fingerprint density at radius 1 is 1.20 bits per heavy atom. The number of hydrogen-bond acceptors (Lipinski definition) is 4. The predicted molar refractivity (Wildman–Crippen MR) is 118 cm³/mol. The minimum absolute atomic E-state index is 0.149. The summed E-state index contributed by atoms with van der Waals surface area (Å²) in [4.78, 5) is 18.3. The number of unbranched alkanes of at least 4 members (excludes halogenated alkanes) is 1. The van der Waals surface area contributed by atoms with Crippen LogP contribution in [0.5, 0.6) is 0 Å². The molecular formula is C23H23N3O3S. The number of aromatic nitrogens is 1. The number of rotatable bonds is 7. The van der Waals surface area contributed by atoms with E-state index in [2.05, 4.69) is 22.1 Å². The summed E-state index contributed by atoms with van der Waals surface area (Å²) in [7, 11) is 0. The Morgan fingerprint density at radius 3 is 2.73 bits per heavy atom. The summed E-state index contributed by atoms with van der Waals surface area (Å²) in [5, 5.41) is 13.6. The van der Waals surface area contributed by atoms with Crippen LogP contribution in [0.4, 0.5) is 0 Å². The van der Waals surface area contributed by atoms with Gasteiger partial charge in [-0.1, -0.05) is 37.6 Å². The molecule has 0 saturated carbocycles. The lowest BCUT2D eigenvalue weighted by Crippen LogP contribution is -2.30. The first-order valence-electron chi connectivity index (χ1n) is 10.0. The van der Waals surface area contributed by atoms with Gasteiger partial charge in [0.2, 0.25) is 0 Å². The molecule has 0 radical (unpaired) electrons. The number of aromatic carboxylic acids is 1. The van der Waals surface area contributed by atoms with Gasteiger partial charge < -0.3 is 19.7 Å². The van der Waals surface area contributed by atoms with Gasteiger partial charge in [0, 0.05) is 18.3 Å². The Balaban J connectivity index is 1.74. The molecule has 4 rings (SSSR count). The van der Waals surface area contributed by atoms with Gasteiger partial charge in [-0.05, 0) is 49.0 Å². The smallest absolute Gasteiger partial charge is 0.336 e. The molecule has 30 heavy (non-hydrogen) atoms. The number of carboxylic acid groups (broad SMARTS) is 1. The number of carbonyl (C=O) groups is 1. The van der Waals surface area contributed by atoms with E-state index in [9.17, 15) is 9.90 Å². The Kier molecular flexibility index (Phi) is 5.81. The number of pyridine rings is 1. The molecule has 3 aromatic rings. The molecule has 2 atom stereocenters. The van der Waals surface area contributed by atoms with Gasteiger partial charge in [-0.2, -0.15) is 0 Å². The van der Waals surface area contributed by atoms with Gasteiger partial charge in [-0.3, -0.25) is 4.98 Å². The minimum atomic E-state index is -0.983. The summed E-state index contributed by atoms with van der Waals surface area (Å²) in [5.41, 5.74) is 1.65. The number of benzene rings is 1. The van der Waals surface area contributed by atoms with Crippen molar-refractivity contribution in [2.24, 2.45) is 0 Å². The first-order chi connectivity index (χ1) is 14.6. The van der Waals surface area contributed by atoms with E-state index in [0.717, 1.165) is 30.8 Å². The minimum Gasteiger partial charge on any atom is -0.478 e. The zero-order valence-corrected chi connectivity index (χ0v) is 17.4. The summed E-state index contributed by atoms with van der Waals surface area (Å²) >= 11 is 5.63. The van der Waals surface area contributed by atoms with E-state index in [0.29, 0.717) is 16.4 Å². The normalized spacial score (nSPS) is 18.4. The third-order valence-electron chi connectivity index (χ3n) is 5.29. The summed E-state index contributed by atoms with van der Waals surface area (Å²) in [6.45, 7) is 2.95. The second-order valence-electron chi connectivity index (χ2n) is 7.23. The maximum absolute atomic E-state index is 11.6. The van der Waals surface area contributed by atoms with Gasteiger partial charge in [-0.25, -0.2) is 4.79 Å². The molecule has 7 heteroatoms. The molecule has 0 aliphatic carbocycles. The van der Waals surface area contributed by atoms with E-state index < -0.39 is 5.97 Å². The van der Waals surface area contributed by atoms with Crippen molar-refractivity contribution in [3.63, 3.8) is 0 Å². The second-order valence-corrected chi connectivity index (χ2v) is 7.61. The maximum atomic E-state index is 11.6. The number of carboxylic acids is 1. The molecule has 0 spiro atoms. The van der Waals surface area contributed by atoms with Crippen molar-refractivity contribution >= 4 is 23.3 Å². The highest BCUT2D eigenvalue weighted by atomic mass is 32.1. The van der Waals surface area contributed by atoms with Crippen molar-refractivity contribution in [2.75, 3.05) is 6.54 Å². The monoisotopic (exact) mass is 421 g/mol. The number of nitrogens with zero attached hydrogens (tertiary/aromatic N) is 2. The van der Waals surface area contributed by atoms with Crippen LogP contribution >= 0.6 is 12.2 Å². The van der Waals surface area contributed by atoms with Crippen LogP contribution < -0.4 is 5.32 Å². The Labute approximate surface area is 180 Å². The van der Waals surface area contributed by atoms with Crippen molar-refractivity contribution in [2.45, 2.75) is 31.8 Å². The van der Waals surface area contributed by atoms with Gasteiger partial charge in [0.25, 0.3) is 0 Å². The Morgan fingerprint density at radius 2 is 2.00 bits per heavy atom. The average molecular weight is 422 g/mol. The molecular weight excluding hydrogens is 398 g/mol. The van der Waals surface area contributed by atoms with Crippen LogP contribution in [0.3, 0.4) is 0 Å². The molecule has 0 bridgehead atoms. The number of furan rings is 1. The zero-order valence-electron chi connectivity index (χ0n) is 16.6.